The molecule has 0 aliphatic heterocycles. The number of nitrogens with one attached hydrogen (secondary N) is 1. The molecule has 2 aromatic rings. The first kappa shape index (κ1) is 15.9. The molecule has 3 heteroatoms. The second kappa shape index (κ2) is 7.51. The van der Waals surface area contributed by atoms with Crippen molar-refractivity contribution in [2.75, 3.05) is 13.1 Å². The maximum absolute atomic E-state index is 3.56. The Morgan fingerprint density at radius 1 is 0.667 bits per heavy atom. The zero-order valence-electron chi connectivity index (χ0n) is 13.9. The predicted molar refractivity (Wildman–Crippen MR) is 89.9 cm³/mol. The van der Waals surface area contributed by atoms with Crippen molar-refractivity contribution in [3.63, 3.8) is 0 Å². The van der Waals surface area contributed by atoms with Gasteiger partial charge in [-0.3, -0.25) is 0 Å². The minimum absolute atomic E-state index is 1.10. The highest BCUT2D eigenvalue weighted by Crippen LogP contribution is 2.08. The molecule has 0 unspecified atom stereocenters. The number of aromatic nitrogens is 2. The van der Waals surface area contributed by atoms with Gasteiger partial charge in [0.15, 0.2) is 0 Å². The summed E-state index contributed by atoms with van der Waals surface area (Å²) < 4.78 is 4.79. The van der Waals surface area contributed by atoms with E-state index >= 15 is 0 Å². The molecule has 3 nitrogen and oxygen atoms in total. The first-order valence-corrected chi connectivity index (χ1v) is 8.06. The van der Waals surface area contributed by atoms with Crippen LogP contribution in [0.5, 0.6) is 0 Å². The Balaban J connectivity index is 1.59. The molecule has 0 radical (unpaired) electrons. The average molecular weight is 287 g/mol. The molecule has 0 fully saturated rings. The molecule has 116 valence electrons. The number of aryl methyl sites for hydroxylation is 4. The van der Waals surface area contributed by atoms with Crippen LogP contribution in [0, 0.1) is 27.7 Å². The molecule has 0 amide bonds. The molecule has 2 aromatic heterocycles. The van der Waals surface area contributed by atoms with Gasteiger partial charge in [-0.25, -0.2) is 0 Å². The van der Waals surface area contributed by atoms with Gasteiger partial charge < -0.3 is 14.5 Å². The Morgan fingerprint density at radius 2 is 1.00 bits per heavy atom. The molecule has 2 heterocycles. The topological polar surface area (TPSA) is 21.9 Å². The van der Waals surface area contributed by atoms with Crippen LogP contribution in [0.15, 0.2) is 24.3 Å². The van der Waals surface area contributed by atoms with E-state index in [0.29, 0.717) is 0 Å². The highest BCUT2D eigenvalue weighted by molar-refractivity contribution is 5.14. The zero-order chi connectivity index (χ0) is 15.2. The fourth-order valence-electron chi connectivity index (χ4n) is 2.95. The molecule has 1 N–H and O–H groups in total. The fraction of sp³-hybridized carbons (Fsp3) is 0.556. The molecule has 0 saturated heterocycles. The third-order valence-electron chi connectivity index (χ3n) is 4.31. The van der Waals surface area contributed by atoms with Crippen molar-refractivity contribution in [2.45, 2.75) is 53.6 Å². The number of hydrogen-bond donors (Lipinski definition) is 1. The van der Waals surface area contributed by atoms with Crippen molar-refractivity contribution in [1.82, 2.24) is 14.5 Å². The maximum atomic E-state index is 3.56. The zero-order valence-corrected chi connectivity index (χ0v) is 13.9. The molecule has 0 aliphatic rings. The standard InChI is InChI=1S/C18H29N3/c1-15-7-8-16(2)20(15)13-5-11-19-12-6-14-21-17(3)9-10-18(21)4/h7-10,19H,5-6,11-14H2,1-4H3. The summed E-state index contributed by atoms with van der Waals surface area (Å²) in [6.07, 6.45) is 2.38. The van der Waals surface area contributed by atoms with Crippen molar-refractivity contribution in [2.24, 2.45) is 0 Å². The van der Waals surface area contributed by atoms with Crippen molar-refractivity contribution < 1.29 is 0 Å². The second-order valence-electron chi connectivity index (χ2n) is 5.99. The number of rotatable bonds is 8. The first-order valence-electron chi connectivity index (χ1n) is 8.06. The van der Waals surface area contributed by atoms with E-state index in [1.807, 2.05) is 0 Å². The Bertz CT molecular complexity index is 474. The van der Waals surface area contributed by atoms with Crippen LogP contribution >= 0.6 is 0 Å². The van der Waals surface area contributed by atoms with Crippen LogP contribution in [0.1, 0.15) is 35.6 Å². The molecule has 21 heavy (non-hydrogen) atoms. The van der Waals surface area contributed by atoms with Gasteiger partial charge in [0.25, 0.3) is 0 Å². The SMILES string of the molecule is Cc1ccc(C)n1CCCNCCCn1c(C)ccc1C. The lowest BCUT2D eigenvalue weighted by atomic mass is 10.3. The molecular weight excluding hydrogens is 258 g/mol. The van der Waals surface area contributed by atoms with Gasteiger partial charge in [-0.05, 0) is 77.9 Å². The molecule has 2 rings (SSSR count). The van der Waals surface area contributed by atoms with E-state index in [1.54, 1.807) is 0 Å². The number of hydrogen-bond acceptors (Lipinski definition) is 1. The monoisotopic (exact) mass is 287 g/mol. The van der Waals surface area contributed by atoms with Crippen LogP contribution in [-0.4, -0.2) is 22.2 Å². The third-order valence-corrected chi connectivity index (χ3v) is 4.31. The van der Waals surface area contributed by atoms with E-state index < -0.39 is 0 Å². The van der Waals surface area contributed by atoms with E-state index in [4.69, 9.17) is 0 Å². The summed E-state index contributed by atoms with van der Waals surface area (Å²) in [5, 5.41) is 3.56. The van der Waals surface area contributed by atoms with Crippen molar-refractivity contribution in [1.29, 1.82) is 0 Å². The van der Waals surface area contributed by atoms with Gasteiger partial charge in [0.05, 0.1) is 0 Å². The summed E-state index contributed by atoms with van der Waals surface area (Å²) in [4.78, 5) is 0. The van der Waals surface area contributed by atoms with Crippen LogP contribution in [0.2, 0.25) is 0 Å². The summed E-state index contributed by atoms with van der Waals surface area (Å²) >= 11 is 0. The van der Waals surface area contributed by atoms with E-state index in [-0.39, 0.29) is 0 Å². The van der Waals surface area contributed by atoms with Crippen LogP contribution in [-0.2, 0) is 13.1 Å². The van der Waals surface area contributed by atoms with Crippen LogP contribution in [0.25, 0.3) is 0 Å². The van der Waals surface area contributed by atoms with E-state index in [1.165, 1.54) is 35.6 Å². The van der Waals surface area contributed by atoms with Crippen molar-refractivity contribution in [3.05, 3.63) is 47.0 Å². The molecule has 0 aromatic carbocycles. The largest absolute Gasteiger partial charge is 0.349 e. The van der Waals surface area contributed by atoms with Crippen molar-refractivity contribution in [3.8, 4) is 0 Å². The van der Waals surface area contributed by atoms with Crippen LogP contribution in [0.3, 0.4) is 0 Å². The fourth-order valence-corrected chi connectivity index (χ4v) is 2.95. The summed E-state index contributed by atoms with van der Waals surface area (Å²) in [7, 11) is 0. The highest BCUT2D eigenvalue weighted by Gasteiger charge is 2.01. The summed E-state index contributed by atoms with van der Waals surface area (Å²) in [5.74, 6) is 0. The van der Waals surface area contributed by atoms with E-state index in [2.05, 4.69) is 66.4 Å². The first-order chi connectivity index (χ1) is 10.1. The second-order valence-corrected chi connectivity index (χ2v) is 5.99. The van der Waals surface area contributed by atoms with Gasteiger partial charge in [-0.1, -0.05) is 0 Å². The van der Waals surface area contributed by atoms with Crippen molar-refractivity contribution >= 4 is 0 Å². The smallest absolute Gasteiger partial charge is 0.0236 e. The molecule has 0 saturated carbocycles. The molecule has 0 bridgehead atoms. The van der Waals surface area contributed by atoms with Crippen LogP contribution < -0.4 is 5.32 Å². The summed E-state index contributed by atoms with van der Waals surface area (Å²) in [5.41, 5.74) is 5.47. The number of nitrogens with zero attached hydrogens (tertiary/aromatic N) is 2. The quantitative estimate of drug-likeness (QED) is 0.736. The highest BCUT2D eigenvalue weighted by atomic mass is 15.0. The summed E-state index contributed by atoms with van der Waals surface area (Å²) in [6, 6.07) is 8.80. The van der Waals surface area contributed by atoms with Gasteiger partial charge in [0, 0.05) is 35.9 Å². The summed E-state index contributed by atoms with van der Waals surface area (Å²) in [6.45, 7) is 13.2. The Labute approximate surface area is 129 Å². The minimum Gasteiger partial charge on any atom is -0.349 e. The van der Waals surface area contributed by atoms with Gasteiger partial charge in [0.1, 0.15) is 0 Å². The van der Waals surface area contributed by atoms with Gasteiger partial charge >= 0.3 is 0 Å². The van der Waals surface area contributed by atoms with E-state index in [0.717, 1.165) is 26.2 Å². The molecule has 0 atom stereocenters. The lowest BCUT2D eigenvalue weighted by Crippen LogP contribution is -2.20. The normalized spacial score (nSPS) is 11.2. The predicted octanol–water partition coefficient (Wildman–Crippen LogP) is 3.59. The molecule has 0 spiro atoms. The maximum Gasteiger partial charge on any atom is 0.0236 e. The lowest BCUT2D eigenvalue weighted by molar-refractivity contribution is 0.534. The Morgan fingerprint density at radius 3 is 1.33 bits per heavy atom. The van der Waals surface area contributed by atoms with Crippen LogP contribution in [0.4, 0.5) is 0 Å². The van der Waals surface area contributed by atoms with Gasteiger partial charge in [-0.2, -0.15) is 0 Å². The minimum atomic E-state index is 1.10. The average Bonchev–Trinajstić information content (AvgIpc) is 2.94. The lowest BCUT2D eigenvalue weighted by Gasteiger charge is -2.11. The van der Waals surface area contributed by atoms with Gasteiger partial charge in [-0.15, -0.1) is 0 Å². The molecule has 0 aliphatic carbocycles. The Hall–Kier alpha value is -1.48. The van der Waals surface area contributed by atoms with E-state index in [9.17, 15) is 0 Å². The molecular formula is C18H29N3. The third kappa shape index (κ3) is 4.24. The Kier molecular flexibility index (Phi) is 5.68. The van der Waals surface area contributed by atoms with Gasteiger partial charge in [0.2, 0.25) is 0 Å².